The monoisotopic (exact) mass is 277 g/mol. The number of hydrogen-bond donors (Lipinski definition) is 1. The molecule has 0 radical (unpaired) electrons. The van der Waals surface area contributed by atoms with Crippen LogP contribution in [0, 0.1) is 0 Å². The van der Waals surface area contributed by atoms with Crippen molar-refractivity contribution in [3.05, 3.63) is 17.7 Å². The van der Waals surface area contributed by atoms with Crippen LogP contribution >= 0.6 is 0 Å². The molecule has 20 heavy (non-hydrogen) atoms. The van der Waals surface area contributed by atoms with E-state index < -0.39 is 0 Å². The molecule has 4 nitrogen and oxygen atoms in total. The van der Waals surface area contributed by atoms with Crippen LogP contribution in [0.25, 0.3) is 0 Å². The van der Waals surface area contributed by atoms with E-state index in [0.717, 1.165) is 48.5 Å². The van der Waals surface area contributed by atoms with Crippen molar-refractivity contribution in [1.29, 1.82) is 0 Å². The molecule has 2 aliphatic rings. The number of ether oxygens (including phenoxy) is 3. The van der Waals surface area contributed by atoms with Crippen LogP contribution in [0.5, 0.6) is 17.2 Å². The van der Waals surface area contributed by atoms with Crippen LogP contribution in [0.4, 0.5) is 0 Å². The Hall–Kier alpha value is -1.42. The summed E-state index contributed by atoms with van der Waals surface area (Å²) in [6.07, 6.45) is 6.93. The van der Waals surface area contributed by atoms with Crippen LogP contribution in [0.2, 0.25) is 0 Å². The molecule has 0 spiro atoms. The summed E-state index contributed by atoms with van der Waals surface area (Å²) in [5, 5.41) is 0. The SMILES string of the molecule is CCC(N)Cc1cc2c(cc1OC1CCCC1)OCO2. The Kier molecular flexibility index (Phi) is 4.01. The fourth-order valence-electron chi connectivity index (χ4n) is 2.85. The lowest BCUT2D eigenvalue weighted by Gasteiger charge is -2.19. The van der Waals surface area contributed by atoms with Crippen molar-refractivity contribution in [2.45, 2.75) is 57.6 Å². The first kappa shape index (κ1) is 13.6. The lowest BCUT2D eigenvalue weighted by molar-refractivity contribution is 0.173. The van der Waals surface area contributed by atoms with Gasteiger partial charge in [0.25, 0.3) is 0 Å². The van der Waals surface area contributed by atoms with Crippen LogP contribution in [0.3, 0.4) is 0 Å². The summed E-state index contributed by atoms with van der Waals surface area (Å²) < 4.78 is 17.1. The van der Waals surface area contributed by atoms with Gasteiger partial charge in [-0.2, -0.15) is 0 Å². The second kappa shape index (κ2) is 5.92. The van der Waals surface area contributed by atoms with E-state index >= 15 is 0 Å². The Labute approximate surface area is 120 Å². The summed E-state index contributed by atoms with van der Waals surface area (Å²) in [6.45, 7) is 2.40. The van der Waals surface area contributed by atoms with E-state index in [-0.39, 0.29) is 6.04 Å². The third kappa shape index (κ3) is 2.85. The maximum absolute atomic E-state index is 6.19. The van der Waals surface area contributed by atoms with Gasteiger partial charge in [-0.15, -0.1) is 0 Å². The molecule has 1 saturated carbocycles. The minimum absolute atomic E-state index is 0.154. The fourth-order valence-corrected chi connectivity index (χ4v) is 2.85. The van der Waals surface area contributed by atoms with Gasteiger partial charge in [-0.05, 0) is 50.2 Å². The predicted molar refractivity (Wildman–Crippen MR) is 77.4 cm³/mol. The summed E-state index contributed by atoms with van der Waals surface area (Å²) in [7, 11) is 0. The number of nitrogens with two attached hydrogens (primary N) is 1. The van der Waals surface area contributed by atoms with Crippen molar-refractivity contribution in [2.75, 3.05) is 6.79 Å². The minimum atomic E-state index is 0.154. The van der Waals surface area contributed by atoms with E-state index in [0.29, 0.717) is 12.9 Å². The second-order valence-corrected chi connectivity index (χ2v) is 5.71. The van der Waals surface area contributed by atoms with E-state index in [2.05, 4.69) is 6.92 Å². The Bertz CT molecular complexity index is 469. The molecule has 0 bridgehead atoms. The van der Waals surface area contributed by atoms with Gasteiger partial charge in [-0.1, -0.05) is 6.92 Å². The van der Waals surface area contributed by atoms with Crippen molar-refractivity contribution in [2.24, 2.45) is 5.73 Å². The van der Waals surface area contributed by atoms with E-state index in [4.69, 9.17) is 19.9 Å². The van der Waals surface area contributed by atoms with Gasteiger partial charge in [0.05, 0.1) is 6.10 Å². The third-order valence-corrected chi connectivity index (χ3v) is 4.16. The highest BCUT2D eigenvalue weighted by molar-refractivity contribution is 5.52. The van der Waals surface area contributed by atoms with Crippen molar-refractivity contribution in [3.63, 3.8) is 0 Å². The number of fused-ring (bicyclic) bond motifs is 1. The molecule has 0 aromatic heterocycles. The summed E-state index contributed by atoms with van der Waals surface area (Å²) in [4.78, 5) is 0. The molecular weight excluding hydrogens is 254 g/mol. The highest BCUT2D eigenvalue weighted by atomic mass is 16.7. The lowest BCUT2D eigenvalue weighted by Crippen LogP contribution is -2.22. The van der Waals surface area contributed by atoms with Crippen molar-refractivity contribution >= 4 is 0 Å². The second-order valence-electron chi connectivity index (χ2n) is 5.71. The van der Waals surface area contributed by atoms with Crippen molar-refractivity contribution < 1.29 is 14.2 Å². The Morgan fingerprint density at radius 1 is 1.25 bits per heavy atom. The molecular formula is C16H23NO3. The molecule has 3 rings (SSSR count). The number of hydrogen-bond acceptors (Lipinski definition) is 4. The van der Waals surface area contributed by atoms with Gasteiger partial charge in [0.1, 0.15) is 5.75 Å². The highest BCUT2D eigenvalue weighted by Crippen LogP contribution is 2.39. The summed E-state index contributed by atoms with van der Waals surface area (Å²) in [5.74, 6) is 2.51. The zero-order valence-electron chi connectivity index (χ0n) is 12.1. The van der Waals surface area contributed by atoms with E-state index in [1.807, 2.05) is 12.1 Å². The Balaban J connectivity index is 1.84. The molecule has 4 heteroatoms. The predicted octanol–water partition coefficient (Wildman–Crippen LogP) is 3.02. The molecule has 1 aliphatic carbocycles. The molecule has 1 atom stereocenters. The van der Waals surface area contributed by atoms with Gasteiger partial charge in [0.2, 0.25) is 6.79 Å². The first-order chi connectivity index (χ1) is 9.76. The van der Waals surface area contributed by atoms with Crippen LogP contribution in [0.1, 0.15) is 44.6 Å². The quantitative estimate of drug-likeness (QED) is 0.899. The zero-order valence-corrected chi connectivity index (χ0v) is 12.1. The van der Waals surface area contributed by atoms with Crippen LogP contribution in [-0.4, -0.2) is 18.9 Å². The lowest BCUT2D eigenvalue weighted by atomic mass is 10.0. The maximum Gasteiger partial charge on any atom is 0.231 e. The molecule has 110 valence electrons. The zero-order chi connectivity index (χ0) is 13.9. The molecule has 1 aromatic carbocycles. The summed E-state index contributed by atoms with van der Waals surface area (Å²) >= 11 is 0. The van der Waals surface area contributed by atoms with Gasteiger partial charge in [-0.3, -0.25) is 0 Å². The number of benzene rings is 1. The molecule has 0 saturated heterocycles. The third-order valence-electron chi connectivity index (χ3n) is 4.16. The molecule has 1 heterocycles. The minimum Gasteiger partial charge on any atom is -0.490 e. The molecule has 0 amide bonds. The van der Waals surface area contributed by atoms with Gasteiger partial charge >= 0.3 is 0 Å². The number of rotatable bonds is 5. The van der Waals surface area contributed by atoms with Crippen LogP contribution in [-0.2, 0) is 6.42 Å². The van der Waals surface area contributed by atoms with Crippen LogP contribution in [0.15, 0.2) is 12.1 Å². The summed E-state index contributed by atoms with van der Waals surface area (Å²) in [6, 6.07) is 4.15. The van der Waals surface area contributed by atoms with E-state index in [1.54, 1.807) is 0 Å². The van der Waals surface area contributed by atoms with Crippen molar-refractivity contribution in [3.8, 4) is 17.2 Å². The molecule has 1 aliphatic heterocycles. The van der Waals surface area contributed by atoms with E-state index in [1.165, 1.54) is 12.8 Å². The van der Waals surface area contributed by atoms with Crippen LogP contribution < -0.4 is 19.9 Å². The van der Waals surface area contributed by atoms with Crippen molar-refractivity contribution in [1.82, 2.24) is 0 Å². The largest absolute Gasteiger partial charge is 0.490 e. The Morgan fingerprint density at radius 2 is 1.95 bits per heavy atom. The average Bonchev–Trinajstić information content (AvgIpc) is 3.10. The first-order valence-electron chi connectivity index (χ1n) is 7.61. The molecule has 2 N–H and O–H groups in total. The maximum atomic E-state index is 6.19. The van der Waals surface area contributed by atoms with Gasteiger partial charge < -0.3 is 19.9 Å². The molecule has 1 aromatic rings. The van der Waals surface area contributed by atoms with Gasteiger partial charge in [0.15, 0.2) is 11.5 Å². The summed E-state index contributed by atoms with van der Waals surface area (Å²) in [5.41, 5.74) is 7.23. The normalized spacial score (nSPS) is 19.3. The van der Waals surface area contributed by atoms with E-state index in [9.17, 15) is 0 Å². The topological polar surface area (TPSA) is 53.7 Å². The first-order valence-corrected chi connectivity index (χ1v) is 7.61. The highest BCUT2D eigenvalue weighted by Gasteiger charge is 2.22. The standard InChI is InChI=1S/C16H23NO3/c1-2-12(17)7-11-8-15-16(19-10-18-15)9-14(11)20-13-5-3-4-6-13/h8-9,12-13H,2-7,10,17H2,1H3. The molecule has 1 fully saturated rings. The fraction of sp³-hybridized carbons (Fsp3) is 0.625. The van der Waals surface area contributed by atoms with Gasteiger partial charge in [0, 0.05) is 12.1 Å². The Morgan fingerprint density at radius 3 is 2.65 bits per heavy atom. The average molecular weight is 277 g/mol. The molecule has 1 unspecified atom stereocenters. The van der Waals surface area contributed by atoms with Gasteiger partial charge in [-0.25, -0.2) is 0 Å². The smallest absolute Gasteiger partial charge is 0.231 e.